The fourth-order valence-corrected chi connectivity index (χ4v) is 1.37. The van der Waals surface area contributed by atoms with Crippen LogP contribution in [0.5, 0.6) is 0 Å². The molecule has 0 unspecified atom stereocenters. The lowest BCUT2D eigenvalue weighted by Gasteiger charge is -2.10. The van der Waals surface area contributed by atoms with Crippen LogP contribution in [0.1, 0.15) is 38.2 Å². The fourth-order valence-electron chi connectivity index (χ4n) is 1.37. The number of anilines is 1. The summed E-state index contributed by atoms with van der Waals surface area (Å²) in [5.41, 5.74) is 0.905. The molecule has 5 heteroatoms. The molecule has 1 rings (SSSR count). The quantitative estimate of drug-likeness (QED) is 0.812. The van der Waals surface area contributed by atoms with Crippen LogP contribution >= 0.6 is 0 Å². The Labute approximate surface area is 102 Å². The third-order valence-electron chi connectivity index (χ3n) is 2.19. The summed E-state index contributed by atoms with van der Waals surface area (Å²) in [6.45, 7) is 8.78. The Kier molecular flexibility index (Phi) is 4.87. The van der Waals surface area contributed by atoms with Gasteiger partial charge in [0.25, 0.3) is 0 Å². The van der Waals surface area contributed by atoms with Crippen LogP contribution in [0.4, 0.5) is 5.82 Å². The number of amides is 1. The van der Waals surface area contributed by atoms with E-state index in [2.05, 4.69) is 20.6 Å². The molecule has 0 aliphatic rings. The zero-order chi connectivity index (χ0) is 12.8. The van der Waals surface area contributed by atoms with E-state index in [9.17, 15) is 4.79 Å². The Morgan fingerprint density at radius 1 is 1.41 bits per heavy atom. The first-order valence-electron chi connectivity index (χ1n) is 5.89. The third-order valence-corrected chi connectivity index (χ3v) is 2.19. The van der Waals surface area contributed by atoms with Gasteiger partial charge in [0.2, 0.25) is 5.91 Å². The molecule has 0 aromatic carbocycles. The van der Waals surface area contributed by atoms with Gasteiger partial charge in [-0.1, -0.05) is 13.8 Å². The van der Waals surface area contributed by atoms with Crippen LogP contribution in [0.25, 0.3) is 0 Å². The highest BCUT2D eigenvalue weighted by Crippen LogP contribution is 2.13. The van der Waals surface area contributed by atoms with E-state index in [0.717, 1.165) is 11.5 Å². The van der Waals surface area contributed by atoms with Gasteiger partial charge in [-0.25, -0.2) is 9.97 Å². The second-order valence-corrected chi connectivity index (χ2v) is 4.21. The Bertz CT molecular complexity index is 390. The van der Waals surface area contributed by atoms with E-state index in [0.29, 0.717) is 12.4 Å². The number of aryl methyl sites for hydroxylation is 1. The van der Waals surface area contributed by atoms with Crippen molar-refractivity contribution in [2.24, 2.45) is 0 Å². The number of likely N-dealkylation sites (N-methyl/N-ethyl adjacent to an activating group) is 1. The molecule has 94 valence electrons. The molecule has 1 aromatic rings. The molecule has 0 saturated carbocycles. The summed E-state index contributed by atoms with van der Waals surface area (Å²) in [5, 5.41) is 5.73. The average Bonchev–Trinajstić information content (AvgIpc) is 2.26. The lowest BCUT2D eigenvalue weighted by atomic mass is 10.2. The Balaban J connectivity index is 2.68. The van der Waals surface area contributed by atoms with Gasteiger partial charge in [0.05, 0.1) is 6.54 Å². The Morgan fingerprint density at radius 3 is 2.71 bits per heavy atom. The largest absolute Gasteiger partial charge is 0.361 e. The van der Waals surface area contributed by atoms with Gasteiger partial charge in [0.15, 0.2) is 0 Å². The van der Waals surface area contributed by atoms with Crippen molar-refractivity contribution in [1.82, 2.24) is 15.3 Å². The molecule has 0 atom stereocenters. The summed E-state index contributed by atoms with van der Waals surface area (Å²) >= 11 is 0. The summed E-state index contributed by atoms with van der Waals surface area (Å²) in [6, 6.07) is 1.84. The van der Waals surface area contributed by atoms with Gasteiger partial charge in [-0.3, -0.25) is 4.79 Å². The number of hydrogen-bond donors (Lipinski definition) is 2. The van der Waals surface area contributed by atoms with E-state index in [1.807, 2.05) is 33.8 Å². The molecular formula is C12H20N4O. The van der Waals surface area contributed by atoms with Crippen LogP contribution < -0.4 is 10.6 Å². The van der Waals surface area contributed by atoms with Crippen molar-refractivity contribution in [2.45, 2.75) is 33.6 Å². The predicted molar refractivity (Wildman–Crippen MR) is 68.0 cm³/mol. The Morgan fingerprint density at radius 2 is 2.12 bits per heavy atom. The fraction of sp³-hybridized carbons (Fsp3) is 0.583. The maximum atomic E-state index is 11.3. The van der Waals surface area contributed by atoms with Gasteiger partial charge >= 0.3 is 0 Å². The van der Waals surface area contributed by atoms with Crippen LogP contribution in [-0.4, -0.2) is 29.0 Å². The normalized spacial score (nSPS) is 10.4. The van der Waals surface area contributed by atoms with E-state index in [1.165, 1.54) is 0 Å². The Hall–Kier alpha value is -1.65. The maximum absolute atomic E-state index is 11.3. The van der Waals surface area contributed by atoms with E-state index in [1.54, 1.807) is 0 Å². The summed E-state index contributed by atoms with van der Waals surface area (Å²) in [5.74, 6) is 1.74. The van der Waals surface area contributed by atoms with Gasteiger partial charge < -0.3 is 10.6 Å². The van der Waals surface area contributed by atoms with E-state index >= 15 is 0 Å². The van der Waals surface area contributed by atoms with Crippen molar-refractivity contribution in [3.8, 4) is 0 Å². The number of carbonyl (C=O) groups is 1. The summed E-state index contributed by atoms with van der Waals surface area (Å²) < 4.78 is 0. The summed E-state index contributed by atoms with van der Waals surface area (Å²) in [7, 11) is 0. The molecule has 17 heavy (non-hydrogen) atoms. The van der Waals surface area contributed by atoms with Crippen LogP contribution in [0, 0.1) is 6.92 Å². The molecule has 1 heterocycles. The number of rotatable bonds is 5. The lowest BCUT2D eigenvalue weighted by Crippen LogP contribution is -2.29. The number of nitrogens with zero attached hydrogens (tertiary/aromatic N) is 2. The molecule has 0 saturated heterocycles. The molecule has 0 bridgehead atoms. The van der Waals surface area contributed by atoms with Crippen molar-refractivity contribution in [2.75, 3.05) is 18.4 Å². The first-order valence-corrected chi connectivity index (χ1v) is 5.89. The zero-order valence-electron chi connectivity index (χ0n) is 10.9. The minimum absolute atomic E-state index is 0.0325. The van der Waals surface area contributed by atoms with Crippen molar-refractivity contribution >= 4 is 11.7 Å². The van der Waals surface area contributed by atoms with Crippen molar-refractivity contribution < 1.29 is 4.79 Å². The van der Waals surface area contributed by atoms with Gasteiger partial charge in [-0.2, -0.15) is 0 Å². The standard InChI is InChI=1S/C12H20N4O/c1-5-13-11(17)7-14-10-6-9(4)15-12(16-10)8(2)3/h6,8H,5,7H2,1-4H3,(H,13,17)(H,14,15,16). The first kappa shape index (κ1) is 13.4. The second kappa shape index (κ2) is 6.18. The highest BCUT2D eigenvalue weighted by Gasteiger charge is 2.06. The number of carbonyl (C=O) groups excluding carboxylic acids is 1. The number of hydrogen-bond acceptors (Lipinski definition) is 4. The van der Waals surface area contributed by atoms with Crippen LogP contribution in [-0.2, 0) is 4.79 Å². The maximum Gasteiger partial charge on any atom is 0.239 e. The topological polar surface area (TPSA) is 66.9 Å². The highest BCUT2D eigenvalue weighted by atomic mass is 16.1. The average molecular weight is 236 g/mol. The van der Waals surface area contributed by atoms with Crippen LogP contribution in [0.3, 0.4) is 0 Å². The van der Waals surface area contributed by atoms with Gasteiger partial charge in [0.1, 0.15) is 11.6 Å². The number of aromatic nitrogens is 2. The first-order chi connectivity index (χ1) is 8.02. The third kappa shape index (κ3) is 4.38. The molecule has 0 radical (unpaired) electrons. The second-order valence-electron chi connectivity index (χ2n) is 4.21. The van der Waals surface area contributed by atoms with Gasteiger partial charge in [0, 0.05) is 24.2 Å². The minimum atomic E-state index is -0.0325. The predicted octanol–water partition coefficient (Wildman–Crippen LogP) is 1.46. The number of nitrogens with one attached hydrogen (secondary N) is 2. The van der Waals surface area contributed by atoms with Gasteiger partial charge in [-0.15, -0.1) is 0 Å². The molecule has 0 fully saturated rings. The molecule has 2 N–H and O–H groups in total. The van der Waals surface area contributed by atoms with Crippen molar-refractivity contribution in [3.05, 3.63) is 17.6 Å². The van der Waals surface area contributed by atoms with Gasteiger partial charge in [-0.05, 0) is 13.8 Å². The molecule has 1 aromatic heterocycles. The monoisotopic (exact) mass is 236 g/mol. The molecule has 0 aliphatic heterocycles. The molecule has 5 nitrogen and oxygen atoms in total. The summed E-state index contributed by atoms with van der Waals surface area (Å²) in [4.78, 5) is 20.0. The van der Waals surface area contributed by atoms with E-state index in [4.69, 9.17) is 0 Å². The van der Waals surface area contributed by atoms with E-state index in [-0.39, 0.29) is 18.4 Å². The molecule has 1 amide bonds. The van der Waals surface area contributed by atoms with Crippen LogP contribution in [0.2, 0.25) is 0 Å². The highest BCUT2D eigenvalue weighted by molar-refractivity contribution is 5.80. The SMILES string of the molecule is CCNC(=O)CNc1cc(C)nc(C(C)C)n1. The van der Waals surface area contributed by atoms with Crippen molar-refractivity contribution in [1.29, 1.82) is 0 Å². The minimum Gasteiger partial charge on any atom is -0.361 e. The molecular weight excluding hydrogens is 216 g/mol. The van der Waals surface area contributed by atoms with E-state index < -0.39 is 0 Å². The molecule has 0 spiro atoms. The smallest absolute Gasteiger partial charge is 0.239 e. The van der Waals surface area contributed by atoms with Crippen molar-refractivity contribution in [3.63, 3.8) is 0 Å². The zero-order valence-corrected chi connectivity index (χ0v) is 10.9. The van der Waals surface area contributed by atoms with Crippen LogP contribution in [0.15, 0.2) is 6.07 Å². The lowest BCUT2D eigenvalue weighted by molar-refractivity contribution is -0.119. The molecule has 0 aliphatic carbocycles. The summed E-state index contributed by atoms with van der Waals surface area (Å²) in [6.07, 6.45) is 0.